The van der Waals surface area contributed by atoms with Gasteiger partial charge in [-0.15, -0.1) is 0 Å². The Morgan fingerprint density at radius 2 is 2.25 bits per heavy atom. The number of pyridine rings is 1. The molecule has 0 saturated carbocycles. The Kier molecular flexibility index (Phi) is 4.04. The minimum Gasteiger partial charge on any atom is -0.389 e. The van der Waals surface area contributed by atoms with Crippen LogP contribution in [0.5, 0.6) is 0 Å². The van der Waals surface area contributed by atoms with Crippen LogP contribution in [0, 0.1) is 0 Å². The third kappa shape index (κ3) is 3.77. The SMILES string of the molecule is CN(CC(C)(C)O)C(=O)CCc1nc2ncccc2[nH]1. The predicted octanol–water partition coefficient (Wildman–Crippen LogP) is 1.12. The monoisotopic (exact) mass is 276 g/mol. The standard InChI is InChI=1S/C14H20N4O2/c1-14(2,20)9-18(3)12(19)7-6-11-16-10-5-4-8-15-13(10)17-11/h4-5,8,20H,6-7,9H2,1-3H3,(H,15,16,17). The van der Waals surface area contributed by atoms with Crippen molar-refractivity contribution in [2.75, 3.05) is 13.6 Å². The molecule has 0 atom stereocenters. The van der Waals surface area contributed by atoms with Crippen LogP contribution in [0.3, 0.4) is 0 Å². The Bertz CT molecular complexity index is 567. The zero-order chi connectivity index (χ0) is 14.8. The van der Waals surface area contributed by atoms with Crippen LogP contribution in [0.15, 0.2) is 18.3 Å². The lowest BCUT2D eigenvalue weighted by molar-refractivity contribution is -0.132. The van der Waals surface area contributed by atoms with Gasteiger partial charge < -0.3 is 15.0 Å². The largest absolute Gasteiger partial charge is 0.389 e. The van der Waals surface area contributed by atoms with Gasteiger partial charge in [0.25, 0.3) is 0 Å². The number of rotatable bonds is 5. The first kappa shape index (κ1) is 14.5. The van der Waals surface area contributed by atoms with Crippen molar-refractivity contribution < 1.29 is 9.90 Å². The van der Waals surface area contributed by atoms with E-state index >= 15 is 0 Å². The summed E-state index contributed by atoms with van der Waals surface area (Å²) in [7, 11) is 1.69. The van der Waals surface area contributed by atoms with Gasteiger partial charge in [0, 0.05) is 32.6 Å². The lowest BCUT2D eigenvalue weighted by Gasteiger charge is -2.25. The lowest BCUT2D eigenvalue weighted by atomic mass is 10.1. The van der Waals surface area contributed by atoms with Crippen LogP contribution >= 0.6 is 0 Å². The molecule has 108 valence electrons. The minimum absolute atomic E-state index is 0.0134. The number of likely N-dealkylation sites (N-methyl/N-ethyl adjacent to an activating group) is 1. The highest BCUT2D eigenvalue weighted by molar-refractivity contribution is 5.76. The van der Waals surface area contributed by atoms with Gasteiger partial charge in [-0.2, -0.15) is 0 Å². The number of imidazole rings is 1. The summed E-state index contributed by atoms with van der Waals surface area (Å²) in [5.74, 6) is 0.740. The zero-order valence-corrected chi connectivity index (χ0v) is 12.1. The molecule has 0 aliphatic rings. The number of H-pyrrole nitrogens is 1. The zero-order valence-electron chi connectivity index (χ0n) is 12.1. The van der Waals surface area contributed by atoms with E-state index in [1.54, 1.807) is 32.0 Å². The Labute approximate surface area is 117 Å². The van der Waals surface area contributed by atoms with E-state index in [9.17, 15) is 9.90 Å². The van der Waals surface area contributed by atoms with E-state index in [1.165, 1.54) is 0 Å². The fourth-order valence-electron chi connectivity index (χ4n) is 2.10. The third-order valence-electron chi connectivity index (χ3n) is 2.93. The van der Waals surface area contributed by atoms with Crippen LogP contribution < -0.4 is 0 Å². The highest BCUT2D eigenvalue weighted by Crippen LogP contribution is 2.10. The number of nitrogens with one attached hydrogen (secondary N) is 1. The summed E-state index contributed by atoms with van der Waals surface area (Å²) in [6.07, 6.45) is 2.58. The van der Waals surface area contributed by atoms with E-state index in [0.717, 1.165) is 11.3 Å². The fraction of sp³-hybridized carbons (Fsp3) is 0.500. The van der Waals surface area contributed by atoms with Crippen LogP contribution in [0.25, 0.3) is 11.2 Å². The Balaban J connectivity index is 1.93. The second-order valence-electron chi connectivity index (χ2n) is 5.62. The fourth-order valence-corrected chi connectivity index (χ4v) is 2.10. The molecule has 20 heavy (non-hydrogen) atoms. The minimum atomic E-state index is -0.881. The van der Waals surface area contributed by atoms with E-state index in [2.05, 4.69) is 15.0 Å². The molecule has 6 nitrogen and oxygen atoms in total. The molecule has 0 aliphatic carbocycles. The Morgan fingerprint density at radius 3 is 2.90 bits per heavy atom. The number of aromatic nitrogens is 3. The van der Waals surface area contributed by atoms with E-state index in [0.29, 0.717) is 25.0 Å². The van der Waals surface area contributed by atoms with Crippen molar-refractivity contribution in [3.63, 3.8) is 0 Å². The topological polar surface area (TPSA) is 82.1 Å². The van der Waals surface area contributed by atoms with Gasteiger partial charge in [0.15, 0.2) is 5.65 Å². The first-order valence-electron chi connectivity index (χ1n) is 6.61. The van der Waals surface area contributed by atoms with Crippen LogP contribution in [-0.2, 0) is 11.2 Å². The van der Waals surface area contributed by atoms with E-state index in [-0.39, 0.29) is 5.91 Å². The van der Waals surface area contributed by atoms with Gasteiger partial charge >= 0.3 is 0 Å². The number of aromatic amines is 1. The van der Waals surface area contributed by atoms with Crippen molar-refractivity contribution >= 4 is 17.1 Å². The predicted molar refractivity (Wildman–Crippen MR) is 76.1 cm³/mol. The van der Waals surface area contributed by atoms with Crippen molar-refractivity contribution in [3.05, 3.63) is 24.2 Å². The maximum Gasteiger partial charge on any atom is 0.222 e. The molecule has 0 saturated heterocycles. The average molecular weight is 276 g/mol. The van der Waals surface area contributed by atoms with Crippen molar-refractivity contribution in [2.24, 2.45) is 0 Å². The molecule has 0 fully saturated rings. The summed E-state index contributed by atoms with van der Waals surface area (Å²) >= 11 is 0. The molecule has 2 rings (SSSR count). The third-order valence-corrected chi connectivity index (χ3v) is 2.93. The summed E-state index contributed by atoms with van der Waals surface area (Å²) < 4.78 is 0. The maximum atomic E-state index is 12.0. The normalized spacial score (nSPS) is 11.8. The number of amides is 1. The molecular weight excluding hydrogens is 256 g/mol. The quantitative estimate of drug-likeness (QED) is 0.857. The van der Waals surface area contributed by atoms with Crippen molar-refractivity contribution in [3.8, 4) is 0 Å². The number of nitrogens with zero attached hydrogens (tertiary/aromatic N) is 3. The summed E-state index contributed by atoms with van der Waals surface area (Å²) in [6.45, 7) is 3.68. The van der Waals surface area contributed by atoms with E-state index in [4.69, 9.17) is 0 Å². The van der Waals surface area contributed by atoms with Gasteiger partial charge in [0.2, 0.25) is 5.91 Å². The van der Waals surface area contributed by atoms with Crippen LogP contribution in [0.4, 0.5) is 0 Å². The molecule has 0 unspecified atom stereocenters. The molecule has 2 aromatic rings. The van der Waals surface area contributed by atoms with Crippen molar-refractivity contribution in [1.29, 1.82) is 0 Å². The molecule has 1 amide bonds. The number of aryl methyl sites for hydroxylation is 1. The average Bonchev–Trinajstić information content (AvgIpc) is 2.76. The summed E-state index contributed by atoms with van der Waals surface area (Å²) in [5, 5.41) is 9.70. The van der Waals surface area contributed by atoms with E-state index < -0.39 is 5.60 Å². The highest BCUT2D eigenvalue weighted by Gasteiger charge is 2.19. The van der Waals surface area contributed by atoms with Crippen molar-refractivity contribution in [1.82, 2.24) is 19.9 Å². The van der Waals surface area contributed by atoms with E-state index in [1.807, 2.05) is 12.1 Å². The molecule has 0 spiro atoms. The molecule has 2 aromatic heterocycles. The lowest BCUT2D eigenvalue weighted by Crippen LogP contribution is -2.39. The molecular formula is C14H20N4O2. The van der Waals surface area contributed by atoms with Crippen LogP contribution in [0.2, 0.25) is 0 Å². The molecule has 2 heterocycles. The molecule has 6 heteroatoms. The van der Waals surface area contributed by atoms with Crippen LogP contribution in [-0.4, -0.2) is 50.1 Å². The molecule has 2 N–H and O–H groups in total. The smallest absolute Gasteiger partial charge is 0.222 e. The number of fused-ring (bicyclic) bond motifs is 1. The second-order valence-corrected chi connectivity index (χ2v) is 5.62. The van der Waals surface area contributed by atoms with Gasteiger partial charge in [-0.1, -0.05) is 0 Å². The van der Waals surface area contributed by atoms with Gasteiger partial charge in [0.05, 0.1) is 11.1 Å². The summed E-state index contributed by atoms with van der Waals surface area (Å²) in [4.78, 5) is 25.1. The number of carbonyl (C=O) groups excluding carboxylic acids is 1. The second kappa shape index (κ2) is 5.58. The highest BCUT2D eigenvalue weighted by atomic mass is 16.3. The van der Waals surface area contributed by atoms with Gasteiger partial charge in [-0.05, 0) is 26.0 Å². The van der Waals surface area contributed by atoms with Crippen molar-refractivity contribution in [2.45, 2.75) is 32.3 Å². The maximum absolute atomic E-state index is 12.0. The van der Waals surface area contributed by atoms with Gasteiger partial charge in [-0.3, -0.25) is 4.79 Å². The van der Waals surface area contributed by atoms with Crippen LogP contribution in [0.1, 0.15) is 26.1 Å². The number of aliphatic hydroxyl groups is 1. The Hall–Kier alpha value is -1.95. The Morgan fingerprint density at radius 1 is 1.50 bits per heavy atom. The first-order chi connectivity index (χ1) is 9.35. The number of hydrogen-bond acceptors (Lipinski definition) is 4. The summed E-state index contributed by atoms with van der Waals surface area (Å²) in [6, 6.07) is 3.74. The number of carbonyl (C=O) groups is 1. The number of hydrogen-bond donors (Lipinski definition) is 2. The molecule has 0 aliphatic heterocycles. The molecule has 0 bridgehead atoms. The summed E-state index contributed by atoms with van der Waals surface area (Å²) in [5.41, 5.74) is 0.660. The molecule has 0 radical (unpaired) electrons. The van der Waals surface area contributed by atoms with Gasteiger partial charge in [-0.25, -0.2) is 9.97 Å². The first-order valence-corrected chi connectivity index (χ1v) is 6.61. The van der Waals surface area contributed by atoms with Gasteiger partial charge in [0.1, 0.15) is 5.82 Å². The molecule has 0 aromatic carbocycles.